The summed E-state index contributed by atoms with van der Waals surface area (Å²) in [4.78, 5) is 0. The molecule has 0 amide bonds. The van der Waals surface area contributed by atoms with Gasteiger partial charge in [-0.2, -0.15) is 0 Å². The molecule has 3 rings (SSSR count). The molecule has 0 atom stereocenters. The van der Waals surface area contributed by atoms with E-state index in [9.17, 15) is 4.39 Å². The van der Waals surface area contributed by atoms with Gasteiger partial charge < -0.3 is 19.9 Å². The van der Waals surface area contributed by atoms with E-state index < -0.39 is 5.82 Å². The molecule has 0 fully saturated rings. The van der Waals surface area contributed by atoms with E-state index in [-0.39, 0.29) is 5.75 Å². The first-order valence-electron chi connectivity index (χ1n) is 5.85. The zero-order chi connectivity index (χ0) is 13.2. The second-order valence-electron chi connectivity index (χ2n) is 4.07. The number of nitrogens with two attached hydrogens (primary N) is 1. The molecule has 0 saturated carbocycles. The minimum atomic E-state index is -0.447. The number of halogens is 1. The van der Waals surface area contributed by atoms with E-state index in [4.69, 9.17) is 19.9 Å². The maximum Gasteiger partial charge on any atom is 0.165 e. The highest BCUT2D eigenvalue weighted by atomic mass is 19.1. The number of rotatable bonds is 2. The molecule has 5 heteroatoms. The van der Waals surface area contributed by atoms with Crippen molar-refractivity contribution in [2.75, 3.05) is 18.9 Å². The van der Waals surface area contributed by atoms with Crippen molar-refractivity contribution in [1.29, 1.82) is 0 Å². The lowest BCUT2D eigenvalue weighted by Gasteiger charge is -2.20. The van der Waals surface area contributed by atoms with Crippen LogP contribution in [-0.4, -0.2) is 13.2 Å². The van der Waals surface area contributed by atoms with Gasteiger partial charge in [0.25, 0.3) is 0 Å². The molecule has 2 N–H and O–H groups in total. The van der Waals surface area contributed by atoms with Crippen LogP contribution in [0.3, 0.4) is 0 Å². The van der Waals surface area contributed by atoms with Gasteiger partial charge in [0.15, 0.2) is 28.8 Å². The molecule has 2 aromatic rings. The third kappa shape index (κ3) is 2.27. The molecule has 1 aliphatic heterocycles. The molecule has 0 radical (unpaired) electrons. The predicted octanol–water partition coefficient (Wildman–Crippen LogP) is 2.97. The summed E-state index contributed by atoms with van der Waals surface area (Å²) in [6.07, 6.45) is 0. The highest BCUT2D eigenvalue weighted by Gasteiger charge is 2.16. The van der Waals surface area contributed by atoms with Crippen molar-refractivity contribution in [3.05, 3.63) is 42.2 Å². The summed E-state index contributed by atoms with van der Waals surface area (Å²) >= 11 is 0. The Morgan fingerprint density at radius 2 is 1.68 bits per heavy atom. The molecule has 0 spiro atoms. The monoisotopic (exact) mass is 261 g/mol. The summed E-state index contributed by atoms with van der Waals surface area (Å²) in [6.45, 7) is 0.954. The predicted molar refractivity (Wildman–Crippen MR) is 68.3 cm³/mol. The number of anilines is 1. The van der Waals surface area contributed by atoms with Crippen LogP contribution in [0.2, 0.25) is 0 Å². The van der Waals surface area contributed by atoms with Gasteiger partial charge in [-0.1, -0.05) is 12.1 Å². The molecule has 98 valence electrons. The Bertz CT molecular complexity index is 616. The van der Waals surface area contributed by atoms with Crippen LogP contribution in [0.15, 0.2) is 36.4 Å². The molecule has 0 aliphatic carbocycles. The van der Waals surface area contributed by atoms with E-state index >= 15 is 0 Å². The van der Waals surface area contributed by atoms with Crippen molar-refractivity contribution in [2.45, 2.75) is 0 Å². The lowest BCUT2D eigenvalue weighted by molar-refractivity contribution is 0.171. The van der Waals surface area contributed by atoms with Crippen LogP contribution in [-0.2, 0) is 0 Å². The van der Waals surface area contributed by atoms with Crippen LogP contribution in [0.5, 0.6) is 23.0 Å². The van der Waals surface area contributed by atoms with Gasteiger partial charge in [0.05, 0.1) is 5.69 Å². The third-order valence-corrected chi connectivity index (χ3v) is 2.73. The van der Waals surface area contributed by atoms with Crippen LogP contribution in [0.4, 0.5) is 10.1 Å². The highest BCUT2D eigenvalue weighted by molar-refractivity contribution is 5.63. The number of ether oxygens (including phenoxy) is 3. The van der Waals surface area contributed by atoms with E-state index in [1.54, 1.807) is 24.3 Å². The fourth-order valence-electron chi connectivity index (χ4n) is 1.82. The zero-order valence-corrected chi connectivity index (χ0v) is 10.1. The van der Waals surface area contributed by atoms with Gasteiger partial charge in [-0.3, -0.25) is 0 Å². The number of benzene rings is 2. The van der Waals surface area contributed by atoms with Crippen molar-refractivity contribution >= 4 is 5.69 Å². The van der Waals surface area contributed by atoms with Crippen LogP contribution in [0, 0.1) is 5.82 Å². The highest BCUT2D eigenvalue weighted by Crippen LogP contribution is 2.40. The Labute approximate surface area is 109 Å². The van der Waals surface area contributed by atoms with Gasteiger partial charge in [-0.25, -0.2) is 4.39 Å². The topological polar surface area (TPSA) is 53.7 Å². The van der Waals surface area contributed by atoms with Gasteiger partial charge >= 0.3 is 0 Å². The van der Waals surface area contributed by atoms with Crippen molar-refractivity contribution in [1.82, 2.24) is 0 Å². The molecule has 4 nitrogen and oxygen atoms in total. The fraction of sp³-hybridized carbons (Fsp3) is 0.143. The quantitative estimate of drug-likeness (QED) is 0.844. The van der Waals surface area contributed by atoms with Crippen molar-refractivity contribution in [3.63, 3.8) is 0 Å². The summed E-state index contributed by atoms with van der Waals surface area (Å²) in [6, 6.07) is 9.36. The van der Waals surface area contributed by atoms with Crippen molar-refractivity contribution < 1.29 is 18.6 Å². The Hall–Kier alpha value is -2.43. The molecule has 1 aliphatic rings. The Morgan fingerprint density at radius 1 is 1.00 bits per heavy atom. The SMILES string of the molecule is Nc1cc2c(cc1Oc1ccccc1F)OCCO2. The van der Waals surface area contributed by atoms with Crippen LogP contribution in [0.25, 0.3) is 0 Å². The van der Waals surface area contributed by atoms with E-state index in [2.05, 4.69) is 0 Å². The normalized spacial score (nSPS) is 13.1. The number of hydrogen-bond donors (Lipinski definition) is 1. The largest absolute Gasteiger partial charge is 0.486 e. The van der Waals surface area contributed by atoms with Gasteiger partial charge in [0, 0.05) is 12.1 Å². The average molecular weight is 261 g/mol. The number of hydrogen-bond acceptors (Lipinski definition) is 4. The van der Waals surface area contributed by atoms with Gasteiger partial charge in [-0.15, -0.1) is 0 Å². The molecular weight excluding hydrogens is 249 g/mol. The first-order valence-corrected chi connectivity index (χ1v) is 5.85. The number of fused-ring (bicyclic) bond motifs is 1. The molecule has 2 aromatic carbocycles. The molecular formula is C14H12FNO3. The molecule has 19 heavy (non-hydrogen) atoms. The second-order valence-corrected chi connectivity index (χ2v) is 4.07. The lowest BCUT2D eigenvalue weighted by Crippen LogP contribution is -2.15. The summed E-state index contributed by atoms with van der Waals surface area (Å²) < 4.78 is 29.8. The van der Waals surface area contributed by atoms with Crippen LogP contribution < -0.4 is 19.9 Å². The van der Waals surface area contributed by atoms with Gasteiger partial charge in [0.2, 0.25) is 0 Å². The molecule has 0 unspecified atom stereocenters. The van der Waals surface area contributed by atoms with Crippen LogP contribution in [0.1, 0.15) is 0 Å². The fourth-order valence-corrected chi connectivity index (χ4v) is 1.82. The van der Waals surface area contributed by atoms with E-state index in [0.29, 0.717) is 36.1 Å². The summed E-state index contributed by atoms with van der Waals surface area (Å²) in [5.41, 5.74) is 6.23. The van der Waals surface area contributed by atoms with E-state index in [1.165, 1.54) is 12.1 Å². The Kier molecular flexibility index (Phi) is 2.87. The lowest BCUT2D eigenvalue weighted by atomic mass is 10.2. The third-order valence-electron chi connectivity index (χ3n) is 2.73. The van der Waals surface area contributed by atoms with Gasteiger partial charge in [-0.05, 0) is 12.1 Å². The number of nitrogen functional groups attached to an aromatic ring is 1. The minimum absolute atomic E-state index is 0.117. The summed E-state index contributed by atoms with van der Waals surface area (Å²) in [7, 11) is 0. The van der Waals surface area contributed by atoms with Crippen molar-refractivity contribution in [2.24, 2.45) is 0 Å². The Morgan fingerprint density at radius 3 is 2.42 bits per heavy atom. The molecule has 1 heterocycles. The van der Waals surface area contributed by atoms with E-state index in [1.807, 2.05) is 0 Å². The molecule has 0 saturated heterocycles. The first-order chi connectivity index (χ1) is 9.24. The summed E-state index contributed by atoms with van der Waals surface area (Å²) in [5.74, 6) is 1.13. The van der Waals surface area contributed by atoms with Crippen LogP contribution >= 0.6 is 0 Å². The molecule has 0 aromatic heterocycles. The van der Waals surface area contributed by atoms with Gasteiger partial charge in [0.1, 0.15) is 13.2 Å². The summed E-state index contributed by atoms with van der Waals surface area (Å²) in [5, 5.41) is 0. The smallest absolute Gasteiger partial charge is 0.165 e. The Balaban J connectivity index is 1.95. The minimum Gasteiger partial charge on any atom is -0.486 e. The van der Waals surface area contributed by atoms with E-state index in [0.717, 1.165) is 0 Å². The maximum absolute atomic E-state index is 13.5. The van der Waals surface area contributed by atoms with Crippen molar-refractivity contribution in [3.8, 4) is 23.0 Å². The second kappa shape index (κ2) is 4.68. The average Bonchev–Trinajstić information content (AvgIpc) is 2.42. The number of para-hydroxylation sites is 1. The molecule has 0 bridgehead atoms. The first kappa shape index (κ1) is 11.6. The standard InChI is InChI=1S/C14H12FNO3/c15-9-3-1-2-4-11(9)19-12-8-14-13(7-10(12)16)17-5-6-18-14/h1-4,7-8H,5-6,16H2. The zero-order valence-electron chi connectivity index (χ0n) is 10.1. The maximum atomic E-state index is 13.5.